The van der Waals surface area contributed by atoms with Crippen LogP contribution in [0.4, 0.5) is 10.2 Å². The predicted molar refractivity (Wildman–Crippen MR) is 105 cm³/mol. The fraction of sp³-hybridized carbons (Fsp3) is 0.0500. The van der Waals surface area contributed by atoms with Crippen molar-refractivity contribution in [3.63, 3.8) is 0 Å². The molecule has 27 heavy (non-hydrogen) atoms. The van der Waals surface area contributed by atoms with Gasteiger partial charge in [0, 0.05) is 5.39 Å². The van der Waals surface area contributed by atoms with Gasteiger partial charge >= 0.3 is 0 Å². The molecule has 0 aliphatic heterocycles. The van der Waals surface area contributed by atoms with Crippen LogP contribution in [-0.2, 0) is 4.79 Å². The Hall–Kier alpha value is -3.32. The lowest BCUT2D eigenvalue weighted by molar-refractivity contribution is -0.118. The number of anilines is 1. The van der Waals surface area contributed by atoms with Gasteiger partial charge in [-0.05, 0) is 41.3 Å². The standard InChI is InChI=1S/C20H15FN4OS/c21-13-9-7-12(8-10-13)17(18(22)26)24-19-14-4-1-2-5-15(14)23-20(25-19)16-6-3-11-27-16/h1-11,17H,(H2,22,26)(H,23,24,25). The number of benzene rings is 2. The number of nitrogens with two attached hydrogens (primary N) is 1. The van der Waals surface area contributed by atoms with Gasteiger partial charge in [-0.1, -0.05) is 30.3 Å². The molecule has 2 aromatic heterocycles. The molecule has 0 aliphatic rings. The number of carbonyl (C=O) groups excluding carboxylic acids is 1. The molecule has 3 N–H and O–H groups in total. The number of nitrogens with one attached hydrogen (secondary N) is 1. The largest absolute Gasteiger partial charge is 0.368 e. The quantitative estimate of drug-likeness (QED) is 0.547. The first-order valence-electron chi connectivity index (χ1n) is 8.24. The van der Waals surface area contributed by atoms with E-state index < -0.39 is 11.9 Å². The molecular formula is C20H15FN4OS. The molecule has 0 spiro atoms. The fourth-order valence-corrected chi connectivity index (χ4v) is 3.47. The van der Waals surface area contributed by atoms with Crippen LogP contribution in [-0.4, -0.2) is 15.9 Å². The van der Waals surface area contributed by atoms with E-state index in [1.165, 1.54) is 35.6 Å². The van der Waals surface area contributed by atoms with E-state index in [2.05, 4.69) is 15.3 Å². The van der Waals surface area contributed by atoms with Crippen LogP contribution in [0.5, 0.6) is 0 Å². The number of amides is 1. The number of carbonyl (C=O) groups is 1. The van der Waals surface area contributed by atoms with Crippen molar-refractivity contribution in [1.29, 1.82) is 0 Å². The topological polar surface area (TPSA) is 80.9 Å². The van der Waals surface area contributed by atoms with Crippen LogP contribution in [0.2, 0.25) is 0 Å². The highest BCUT2D eigenvalue weighted by molar-refractivity contribution is 7.13. The normalized spacial score (nSPS) is 12.0. The molecule has 0 aliphatic carbocycles. The lowest BCUT2D eigenvalue weighted by atomic mass is 10.1. The van der Waals surface area contributed by atoms with Crippen LogP contribution in [0.3, 0.4) is 0 Å². The number of thiophene rings is 1. The molecule has 1 atom stereocenters. The Morgan fingerprint density at radius 2 is 1.81 bits per heavy atom. The van der Waals surface area contributed by atoms with Gasteiger partial charge in [0.15, 0.2) is 5.82 Å². The third-order valence-corrected chi connectivity index (χ3v) is 4.98. The average Bonchev–Trinajstić information content (AvgIpc) is 3.21. The second-order valence-corrected chi connectivity index (χ2v) is 6.87. The summed E-state index contributed by atoms with van der Waals surface area (Å²) in [7, 11) is 0. The van der Waals surface area contributed by atoms with E-state index in [1.54, 1.807) is 0 Å². The number of aromatic nitrogens is 2. The number of primary amides is 1. The number of hydrogen-bond donors (Lipinski definition) is 2. The summed E-state index contributed by atoms with van der Waals surface area (Å²) in [5, 5.41) is 5.84. The first-order chi connectivity index (χ1) is 13.1. The maximum absolute atomic E-state index is 13.2. The maximum Gasteiger partial charge on any atom is 0.244 e. The highest BCUT2D eigenvalue weighted by atomic mass is 32.1. The van der Waals surface area contributed by atoms with Crippen LogP contribution in [0.1, 0.15) is 11.6 Å². The number of rotatable bonds is 5. The van der Waals surface area contributed by atoms with Gasteiger partial charge in [0.05, 0.1) is 10.4 Å². The smallest absolute Gasteiger partial charge is 0.244 e. The van der Waals surface area contributed by atoms with Crippen LogP contribution in [0.25, 0.3) is 21.6 Å². The summed E-state index contributed by atoms with van der Waals surface area (Å²) in [6.45, 7) is 0. The maximum atomic E-state index is 13.2. The molecule has 0 saturated heterocycles. The van der Waals surface area contributed by atoms with Crippen LogP contribution >= 0.6 is 11.3 Å². The second-order valence-electron chi connectivity index (χ2n) is 5.92. The van der Waals surface area contributed by atoms with E-state index in [4.69, 9.17) is 5.73 Å². The molecule has 0 radical (unpaired) electrons. The first-order valence-corrected chi connectivity index (χ1v) is 9.12. The summed E-state index contributed by atoms with van der Waals surface area (Å²) >= 11 is 1.53. The predicted octanol–water partition coefficient (Wildman–Crippen LogP) is 4.14. The van der Waals surface area contributed by atoms with E-state index >= 15 is 0 Å². The van der Waals surface area contributed by atoms with Crippen molar-refractivity contribution < 1.29 is 9.18 Å². The third kappa shape index (κ3) is 3.50. The van der Waals surface area contributed by atoms with E-state index in [1.807, 2.05) is 41.8 Å². The average molecular weight is 378 g/mol. The highest BCUT2D eigenvalue weighted by Crippen LogP contribution is 2.29. The van der Waals surface area contributed by atoms with Gasteiger partial charge in [0.1, 0.15) is 17.7 Å². The van der Waals surface area contributed by atoms with E-state index in [-0.39, 0.29) is 5.82 Å². The lowest BCUT2D eigenvalue weighted by Crippen LogP contribution is -2.28. The lowest BCUT2D eigenvalue weighted by Gasteiger charge is -2.18. The number of fused-ring (bicyclic) bond motifs is 1. The van der Waals surface area contributed by atoms with Gasteiger partial charge in [0.2, 0.25) is 5.91 Å². The molecule has 5 nitrogen and oxygen atoms in total. The SMILES string of the molecule is NC(=O)C(Nc1nc(-c2cccs2)nc2ccccc12)c1ccc(F)cc1. The molecule has 4 rings (SSSR count). The van der Waals surface area contributed by atoms with Gasteiger partial charge in [-0.25, -0.2) is 14.4 Å². The zero-order valence-corrected chi connectivity index (χ0v) is 14.9. The van der Waals surface area contributed by atoms with E-state index in [0.717, 1.165) is 15.8 Å². The summed E-state index contributed by atoms with van der Waals surface area (Å²) in [4.78, 5) is 22.2. The van der Waals surface area contributed by atoms with Crippen molar-refractivity contribution >= 4 is 34.0 Å². The molecule has 134 valence electrons. The minimum Gasteiger partial charge on any atom is -0.368 e. The molecule has 7 heteroatoms. The summed E-state index contributed by atoms with van der Waals surface area (Å²) in [6.07, 6.45) is 0. The summed E-state index contributed by atoms with van der Waals surface area (Å²) in [6, 6.07) is 16.2. The molecule has 1 amide bonds. The van der Waals surface area contributed by atoms with Gasteiger partial charge in [0.25, 0.3) is 0 Å². The zero-order chi connectivity index (χ0) is 18.8. The van der Waals surface area contributed by atoms with E-state index in [0.29, 0.717) is 17.2 Å². The molecule has 2 heterocycles. The zero-order valence-electron chi connectivity index (χ0n) is 14.1. The van der Waals surface area contributed by atoms with Crippen molar-refractivity contribution in [3.8, 4) is 10.7 Å². The van der Waals surface area contributed by atoms with Gasteiger partial charge in [-0.2, -0.15) is 0 Å². The third-order valence-electron chi connectivity index (χ3n) is 4.11. The monoisotopic (exact) mass is 378 g/mol. The van der Waals surface area contributed by atoms with Crippen LogP contribution < -0.4 is 11.1 Å². The van der Waals surface area contributed by atoms with Gasteiger partial charge in [-0.15, -0.1) is 11.3 Å². The van der Waals surface area contributed by atoms with Crippen molar-refractivity contribution in [2.45, 2.75) is 6.04 Å². The summed E-state index contributed by atoms with van der Waals surface area (Å²) in [5.74, 6) is 0.0991. The number of nitrogens with zero attached hydrogens (tertiary/aromatic N) is 2. The van der Waals surface area contributed by atoms with Crippen molar-refractivity contribution in [2.24, 2.45) is 5.73 Å². The summed E-state index contributed by atoms with van der Waals surface area (Å²) in [5.41, 5.74) is 6.90. The Labute approximate surface area is 158 Å². The van der Waals surface area contributed by atoms with Crippen molar-refractivity contribution in [1.82, 2.24) is 9.97 Å². The van der Waals surface area contributed by atoms with E-state index in [9.17, 15) is 9.18 Å². The summed E-state index contributed by atoms with van der Waals surface area (Å²) < 4.78 is 13.2. The molecular weight excluding hydrogens is 363 g/mol. The highest BCUT2D eigenvalue weighted by Gasteiger charge is 2.20. The number of halogens is 1. The fourth-order valence-electron chi connectivity index (χ4n) is 2.81. The minimum absolute atomic E-state index is 0.380. The number of hydrogen-bond acceptors (Lipinski definition) is 5. The Bertz CT molecular complexity index is 1100. The number of para-hydroxylation sites is 1. The molecule has 2 aromatic carbocycles. The van der Waals surface area contributed by atoms with Crippen LogP contribution in [0, 0.1) is 5.82 Å². The van der Waals surface area contributed by atoms with Gasteiger partial charge < -0.3 is 11.1 Å². The Morgan fingerprint density at radius 1 is 1.04 bits per heavy atom. The minimum atomic E-state index is -0.847. The molecule has 0 saturated carbocycles. The Morgan fingerprint density at radius 3 is 2.52 bits per heavy atom. The van der Waals surface area contributed by atoms with Crippen LogP contribution in [0.15, 0.2) is 66.0 Å². The van der Waals surface area contributed by atoms with Gasteiger partial charge in [-0.3, -0.25) is 4.79 Å². The van der Waals surface area contributed by atoms with Crippen molar-refractivity contribution in [3.05, 3.63) is 77.4 Å². The first kappa shape index (κ1) is 17.1. The Kier molecular flexibility index (Phi) is 4.52. The van der Waals surface area contributed by atoms with Crippen molar-refractivity contribution in [2.75, 3.05) is 5.32 Å². The molecule has 4 aromatic rings. The Balaban J connectivity index is 1.81. The second kappa shape index (κ2) is 7.13. The molecule has 1 unspecified atom stereocenters. The molecule has 0 bridgehead atoms. The molecule has 0 fully saturated rings.